The molecule has 0 unspecified atom stereocenters. The fraction of sp³-hybridized carbons (Fsp3) is 0.261. The van der Waals surface area contributed by atoms with Crippen LogP contribution in [0, 0.1) is 13.8 Å². The lowest BCUT2D eigenvalue weighted by molar-refractivity contribution is -0.131. The molecular weight excluding hydrogens is 398 g/mol. The lowest BCUT2D eigenvalue weighted by Crippen LogP contribution is -2.23. The molecule has 30 heavy (non-hydrogen) atoms. The molecule has 0 saturated carbocycles. The molecule has 0 aliphatic carbocycles. The summed E-state index contributed by atoms with van der Waals surface area (Å²) in [6, 6.07) is 13.4. The summed E-state index contributed by atoms with van der Waals surface area (Å²) in [5.41, 5.74) is 4.20. The molecule has 0 atom stereocenters. The highest BCUT2D eigenvalue weighted by molar-refractivity contribution is 7.99. The number of nitrogens with zero attached hydrogens (tertiary/aromatic N) is 3. The molecule has 0 radical (unpaired) electrons. The van der Waals surface area contributed by atoms with Crippen LogP contribution < -0.4 is 9.64 Å². The predicted octanol–water partition coefficient (Wildman–Crippen LogP) is 4.31. The normalized spacial score (nSPS) is 13.7. The van der Waals surface area contributed by atoms with Gasteiger partial charge in [0.25, 0.3) is 0 Å². The Morgan fingerprint density at radius 2 is 1.83 bits per heavy atom. The third kappa shape index (κ3) is 4.57. The van der Waals surface area contributed by atoms with Crippen LogP contribution in [0.15, 0.2) is 60.0 Å². The van der Waals surface area contributed by atoms with Gasteiger partial charge in [0.15, 0.2) is 5.16 Å². The quantitative estimate of drug-likeness (QED) is 0.337. The Morgan fingerprint density at radius 3 is 2.50 bits per heavy atom. The van der Waals surface area contributed by atoms with Gasteiger partial charge in [-0.25, -0.2) is 4.98 Å². The van der Waals surface area contributed by atoms with E-state index in [9.17, 15) is 9.59 Å². The summed E-state index contributed by atoms with van der Waals surface area (Å²) >= 11 is 1.34. The summed E-state index contributed by atoms with van der Waals surface area (Å²) in [7, 11) is 0. The number of imidazole rings is 1. The third-order valence-electron chi connectivity index (χ3n) is 4.86. The van der Waals surface area contributed by atoms with E-state index in [0.29, 0.717) is 12.2 Å². The molecular formula is C23H23N3O3S. The average molecular weight is 422 g/mol. The van der Waals surface area contributed by atoms with Crippen molar-refractivity contribution in [3.05, 3.63) is 66.0 Å². The number of anilines is 1. The van der Waals surface area contributed by atoms with E-state index in [1.165, 1.54) is 22.9 Å². The van der Waals surface area contributed by atoms with Crippen LogP contribution in [0.1, 0.15) is 24.0 Å². The first kappa shape index (κ1) is 20.2. The fourth-order valence-corrected chi connectivity index (χ4v) is 4.33. The van der Waals surface area contributed by atoms with Gasteiger partial charge in [0.2, 0.25) is 5.91 Å². The van der Waals surface area contributed by atoms with Crippen molar-refractivity contribution in [1.82, 2.24) is 9.55 Å². The third-order valence-corrected chi connectivity index (χ3v) is 5.80. The molecule has 4 rings (SSSR count). The number of hydrogen-bond acceptors (Lipinski definition) is 5. The first-order chi connectivity index (χ1) is 14.5. The van der Waals surface area contributed by atoms with Gasteiger partial charge in [-0.1, -0.05) is 17.8 Å². The van der Waals surface area contributed by atoms with Crippen molar-refractivity contribution in [1.29, 1.82) is 0 Å². The van der Waals surface area contributed by atoms with E-state index < -0.39 is 0 Å². The zero-order valence-electron chi connectivity index (χ0n) is 17.0. The number of hydrogen-bond donors (Lipinski definition) is 0. The number of amides is 1. The van der Waals surface area contributed by atoms with Crippen molar-refractivity contribution in [3.8, 4) is 11.4 Å². The van der Waals surface area contributed by atoms with Crippen LogP contribution in [0.25, 0.3) is 5.69 Å². The van der Waals surface area contributed by atoms with E-state index in [0.717, 1.165) is 29.5 Å². The van der Waals surface area contributed by atoms with Crippen molar-refractivity contribution in [2.75, 3.05) is 17.2 Å². The highest BCUT2D eigenvalue weighted by Crippen LogP contribution is 2.25. The zero-order chi connectivity index (χ0) is 21.1. The lowest BCUT2D eigenvalue weighted by atomic mass is 10.1. The molecule has 2 heterocycles. The molecule has 7 heteroatoms. The maximum atomic E-state index is 12.3. The Kier molecular flexibility index (Phi) is 5.90. The number of esters is 1. The van der Waals surface area contributed by atoms with Gasteiger partial charge < -0.3 is 9.64 Å². The van der Waals surface area contributed by atoms with Crippen molar-refractivity contribution < 1.29 is 14.3 Å². The van der Waals surface area contributed by atoms with Crippen molar-refractivity contribution in [3.63, 3.8) is 0 Å². The van der Waals surface area contributed by atoms with Gasteiger partial charge in [-0.05, 0) is 67.8 Å². The molecule has 154 valence electrons. The molecule has 1 aliphatic rings. The number of carbonyl (C=O) groups is 2. The summed E-state index contributed by atoms with van der Waals surface area (Å²) < 4.78 is 7.41. The van der Waals surface area contributed by atoms with E-state index in [4.69, 9.17) is 4.74 Å². The standard InChI is InChI=1S/C23H23N3O3S/c1-16-12-17(2)14-19(13-16)26-11-9-24-23(26)30-15-22(28)29-20-7-5-18(6-8-20)25-10-3-4-21(25)27/h5-9,11-14H,3-4,10,15H2,1-2H3. The predicted molar refractivity (Wildman–Crippen MR) is 117 cm³/mol. The maximum absolute atomic E-state index is 12.3. The van der Waals surface area contributed by atoms with Gasteiger partial charge in [0.1, 0.15) is 5.75 Å². The van der Waals surface area contributed by atoms with Gasteiger partial charge in [0.05, 0.1) is 5.75 Å². The molecule has 0 N–H and O–H groups in total. The lowest BCUT2D eigenvalue weighted by Gasteiger charge is -2.15. The van der Waals surface area contributed by atoms with Crippen LogP contribution in [0.5, 0.6) is 5.75 Å². The van der Waals surface area contributed by atoms with E-state index in [-0.39, 0.29) is 17.6 Å². The Balaban J connectivity index is 1.37. The number of carbonyl (C=O) groups excluding carboxylic acids is 2. The molecule has 1 amide bonds. The molecule has 0 spiro atoms. The van der Waals surface area contributed by atoms with Crippen LogP contribution in [-0.4, -0.2) is 33.7 Å². The minimum atomic E-state index is -0.347. The topological polar surface area (TPSA) is 64.4 Å². The average Bonchev–Trinajstić information content (AvgIpc) is 3.35. The zero-order valence-corrected chi connectivity index (χ0v) is 17.8. The highest BCUT2D eigenvalue weighted by Gasteiger charge is 2.21. The van der Waals surface area contributed by atoms with Crippen LogP contribution in [-0.2, 0) is 9.59 Å². The van der Waals surface area contributed by atoms with Gasteiger partial charge in [0, 0.05) is 36.7 Å². The number of aryl methyl sites for hydroxylation is 2. The summed E-state index contributed by atoms with van der Waals surface area (Å²) in [6.45, 7) is 4.85. The maximum Gasteiger partial charge on any atom is 0.321 e. The van der Waals surface area contributed by atoms with Crippen LogP contribution >= 0.6 is 11.8 Å². The van der Waals surface area contributed by atoms with E-state index in [1.807, 2.05) is 22.9 Å². The minimum absolute atomic E-state index is 0.135. The second kappa shape index (κ2) is 8.75. The van der Waals surface area contributed by atoms with Crippen LogP contribution in [0.3, 0.4) is 0 Å². The first-order valence-electron chi connectivity index (χ1n) is 9.85. The number of ether oxygens (including phenoxy) is 1. The van der Waals surface area contributed by atoms with Crippen LogP contribution in [0.4, 0.5) is 5.69 Å². The largest absolute Gasteiger partial charge is 0.426 e. The molecule has 3 aromatic rings. The monoisotopic (exact) mass is 421 g/mol. The number of aromatic nitrogens is 2. The molecule has 1 aliphatic heterocycles. The number of benzene rings is 2. The van der Waals surface area contributed by atoms with Crippen molar-refractivity contribution in [2.24, 2.45) is 0 Å². The first-order valence-corrected chi connectivity index (χ1v) is 10.8. The van der Waals surface area contributed by atoms with Gasteiger partial charge in [-0.3, -0.25) is 14.2 Å². The van der Waals surface area contributed by atoms with Gasteiger partial charge in [-0.2, -0.15) is 0 Å². The van der Waals surface area contributed by atoms with E-state index >= 15 is 0 Å². The number of thioether (sulfide) groups is 1. The smallest absolute Gasteiger partial charge is 0.321 e. The second-order valence-corrected chi connectivity index (χ2v) is 8.27. The molecule has 6 nitrogen and oxygen atoms in total. The number of rotatable bonds is 6. The SMILES string of the molecule is Cc1cc(C)cc(-n2ccnc2SCC(=O)Oc2ccc(N3CCCC3=O)cc2)c1. The molecule has 0 bridgehead atoms. The van der Waals surface area contributed by atoms with Crippen molar-refractivity contribution in [2.45, 2.75) is 31.8 Å². The summed E-state index contributed by atoms with van der Waals surface area (Å²) in [5.74, 6) is 0.401. The van der Waals surface area contributed by atoms with Crippen LogP contribution in [0.2, 0.25) is 0 Å². The fourth-order valence-electron chi connectivity index (χ4n) is 3.58. The van der Waals surface area contributed by atoms with Gasteiger partial charge in [-0.15, -0.1) is 0 Å². The molecule has 1 saturated heterocycles. The summed E-state index contributed by atoms with van der Waals surface area (Å²) in [5, 5.41) is 0.736. The summed E-state index contributed by atoms with van der Waals surface area (Å²) in [6.07, 6.45) is 5.08. The Hall–Kier alpha value is -3.06. The summed E-state index contributed by atoms with van der Waals surface area (Å²) in [4.78, 5) is 30.3. The molecule has 2 aromatic carbocycles. The highest BCUT2D eigenvalue weighted by atomic mass is 32.2. The Morgan fingerprint density at radius 1 is 1.10 bits per heavy atom. The van der Waals surface area contributed by atoms with Crippen molar-refractivity contribution >= 4 is 29.3 Å². The minimum Gasteiger partial charge on any atom is -0.426 e. The van der Waals surface area contributed by atoms with Gasteiger partial charge >= 0.3 is 5.97 Å². The molecule has 1 aromatic heterocycles. The molecule has 1 fully saturated rings. The van der Waals surface area contributed by atoms with E-state index in [2.05, 4.69) is 37.0 Å². The Bertz CT molecular complexity index is 1060. The second-order valence-electron chi connectivity index (χ2n) is 7.33. The Labute approximate surface area is 179 Å². The van der Waals surface area contributed by atoms with E-state index in [1.54, 1.807) is 23.2 Å².